The first-order chi connectivity index (χ1) is 24.0. The Labute approximate surface area is 314 Å². The highest BCUT2D eigenvalue weighted by Crippen LogP contribution is 2.24. The van der Waals surface area contributed by atoms with Crippen LogP contribution in [0.2, 0.25) is 0 Å². The molecule has 0 spiro atoms. The van der Waals surface area contributed by atoms with E-state index in [9.17, 15) is 28.8 Å². The molecule has 4 amide bonds. The molecule has 53 heavy (non-hydrogen) atoms. The van der Waals surface area contributed by atoms with Crippen LogP contribution in [0.3, 0.4) is 0 Å². The second-order valence-electron chi connectivity index (χ2n) is 16.3. The Morgan fingerprint density at radius 2 is 0.868 bits per heavy atom. The number of alkyl carbamates (subject to hydrolysis) is 3. The minimum atomic E-state index is -1.19. The summed E-state index contributed by atoms with van der Waals surface area (Å²) < 4.78 is 31.3. The van der Waals surface area contributed by atoms with Gasteiger partial charge in [0.15, 0.2) is 0 Å². The van der Waals surface area contributed by atoms with Crippen LogP contribution in [0.1, 0.15) is 109 Å². The summed E-state index contributed by atoms with van der Waals surface area (Å²) in [6, 6.07) is 0. The standard InChI is InChI=1S/C37H64N4O12/c1-15-26(42)48-20-22-50-29(45)39-33(5,6)24-32(3,4)38-28(44)37(13,14)52-19-17-18-36(11,12)53-31(47)41-35(9,10)25-34(7,8)40-30(46)51-23-21-49-27(43)16-2/h15-16H,1-2,17-25H2,3-14H3,(H,38,44)(H,39,45)(H,40,46)(H,41,47). The molecule has 0 aliphatic carbocycles. The molecule has 0 saturated carbocycles. The van der Waals surface area contributed by atoms with Crippen molar-refractivity contribution in [2.24, 2.45) is 0 Å². The third-order valence-electron chi connectivity index (χ3n) is 7.30. The first kappa shape index (κ1) is 48.7. The largest absolute Gasteiger partial charge is 0.459 e. The normalized spacial score (nSPS) is 12.4. The summed E-state index contributed by atoms with van der Waals surface area (Å²) in [6.45, 7) is 27.6. The highest BCUT2D eigenvalue weighted by Gasteiger charge is 2.37. The Balaban J connectivity index is 4.81. The maximum Gasteiger partial charge on any atom is 0.408 e. The van der Waals surface area contributed by atoms with Gasteiger partial charge in [0.05, 0.1) is 0 Å². The van der Waals surface area contributed by atoms with Crippen LogP contribution in [-0.4, -0.2) is 103 Å². The fourth-order valence-corrected chi connectivity index (χ4v) is 5.63. The summed E-state index contributed by atoms with van der Waals surface area (Å²) in [4.78, 5) is 72.8. The van der Waals surface area contributed by atoms with Gasteiger partial charge in [0.2, 0.25) is 0 Å². The third kappa shape index (κ3) is 23.0. The second kappa shape index (κ2) is 20.8. The van der Waals surface area contributed by atoms with Crippen molar-refractivity contribution in [1.82, 2.24) is 21.3 Å². The van der Waals surface area contributed by atoms with Crippen LogP contribution in [0, 0.1) is 0 Å². The Morgan fingerprint density at radius 3 is 1.26 bits per heavy atom. The molecular weight excluding hydrogens is 692 g/mol. The van der Waals surface area contributed by atoms with Crippen molar-refractivity contribution in [3.8, 4) is 0 Å². The van der Waals surface area contributed by atoms with E-state index in [0.717, 1.165) is 12.2 Å². The molecule has 4 N–H and O–H groups in total. The van der Waals surface area contributed by atoms with Gasteiger partial charge in [-0.15, -0.1) is 0 Å². The number of carbonyl (C=O) groups is 6. The molecule has 0 aliphatic heterocycles. The number of amides is 4. The predicted octanol–water partition coefficient (Wildman–Crippen LogP) is 4.99. The molecule has 0 rings (SSSR count). The lowest BCUT2D eigenvalue weighted by Crippen LogP contribution is -2.57. The van der Waals surface area contributed by atoms with E-state index in [1.54, 1.807) is 69.2 Å². The summed E-state index contributed by atoms with van der Waals surface area (Å²) in [6.07, 6.45) is 1.61. The van der Waals surface area contributed by atoms with Crippen LogP contribution in [0.15, 0.2) is 25.3 Å². The van der Waals surface area contributed by atoms with Crippen molar-refractivity contribution in [3.63, 3.8) is 0 Å². The summed E-state index contributed by atoms with van der Waals surface area (Å²) in [5.74, 6) is -1.58. The van der Waals surface area contributed by atoms with E-state index < -0.39 is 63.6 Å². The molecule has 0 aliphatic rings. The topological polar surface area (TPSA) is 206 Å². The average molecular weight is 757 g/mol. The minimum absolute atomic E-state index is 0.102. The fraction of sp³-hybridized carbons (Fsp3) is 0.730. The van der Waals surface area contributed by atoms with Crippen molar-refractivity contribution in [2.45, 2.75) is 142 Å². The molecule has 0 heterocycles. The zero-order valence-electron chi connectivity index (χ0n) is 33.8. The maximum atomic E-state index is 13.2. The fourth-order valence-electron chi connectivity index (χ4n) is 5.63. The van der Waals surface area contributed by atoms with Gasteiger partial charge in [-0.3, -0.25) is 4.79 Å². The molecule has 0 unspecified atom stereocenters. The molecule has 0 fully saturated rings. The first-order valence-electron chi connectivity index (χ1n) is 17.5. The number of carbonyl (C=O) groups excluding carboxylic acids is 6. The quantitative estimate of drug-likeness (QED) is 0.0471. The number of rotatable bonds is 23. The molecule has 0 bridgehead atoms. The minimum Gasteiger partial charge on any atom is -0.459 e. The van der Waals surface area contributed by atoms with Gasteiger partial charge in [-0.05, 0) is 109 Å². The lowest BCUT2D eigenvalue weighted by Gasteiger charge is -2.38. The van der Waals surface area contributed by atoms with Crippen molar-refractivity contribution in [2.75, 3.05) is 33.0 Å². The first-order valence-corrected chi connectivity index (χ1v) is 17.5. The average Bonchev–Trinajstić information content (AvgIpc) is 2.96. The Morgan fingerprint density at radius 1 is 0.509 bits per heavy atom. The van der Waals surface area contributed by atoms with E-state index in [1.165, 1.54) is 0 Å². The van der Waals surface area contributed by atoms with Gasteiger partial charge in [-0.1, -0.05) is 13.2 Å². The van der Waals surface area contributed by atoms with E-state index in [1.807, 2.05) is 13.8 Å². The highest BCUT2D eigenvalue weighted by atomic mass is 16.6. The molecule has 0 atom stereocenters. The highest BCUT2D eigenvalue weighted by molar-refractivity contribution is 5.85. The smallest absolute Gasteiger partial charge is 0.408 e. The van der Waals surface area contributed by atoms with Crippen molar-refractivity contribution < 1.29 is 57.2 Å². The number of esters is 2. The van der Waals surface area contributed by atoms with Gasteiger partial charge in [0.1, 0.15) is 37.6 Å². The van der Waals surface area contributed by atoms with Crippen LogP contribution < -0.4 is 21.3 Å². The van der Waals surface area contributed by atoms with Crippen LogP contribution in [-0.2, 0) is 42.8 Å². The van der Waals surface area contributed by atoms with E-state index in [-0.39, 0.29) is 38.9 Å². The van der Waals surface area contributed by atoms with Gasteiger partial charge >= 0.3 is 30.2 Å². The predicted molar refractivity (Wildman–Crippen MR) is 198 cm³/mol. The molecular formula is C37H64N4O12. The summed E-state index contributed by atoms with van der Waals surface area (Å²) in [7, 11) is 0. The molecule has 0 saturated heterocycles. The van der Waals surface area contributed by atoms with Gasteiger partial charge < -0.3 is 49.7 Å². The molecule has 16 nitrogen and oxygen atoms in total. The number of hydrogen-bond acceptors (Lipinski definition) is 12. The second-order valence-corrected chi connectivity index (χ2v) is 16.3. The molecule has 0 aromatic rings. The number of nitrogens with one attached hydrogen (secondary N) is 4. The van der Waals surface area contributed by atoms with Crippen molar-refractivity contribution >= 4 is 36.1 Å². The number of ether oxygens (including phenoxy) is 6. The van der Waals surface area contributed by atoms with Gasteiger partial charge in [-0.25, -0.2) is 24.0 Å². The van der Waals surface area contributed by atoms with Crippen LogP contribution in [0.5, 0.6) is 0 Å². The Hall–Kier alpha value is -4.34. The SMILES string of the molecule is C=CC(=O)OCCOC(=O)NC(C)(C)CC(C)(C)NC(=O)OC(C)(C)CCCOC(C)(C)C(=O)NC(C)(C)CC(C)(C)NC(=O)OCCOC(=O)C=C. The summed E-state index contributed by atoms with van der Waals surface area (Å²) >= 11 is 0. The van der Waals surface area contributed by atoms with Crippen molar-refractivity contribution in [1.29, 1.82) is 0 Å². The van der Waals surface area contributed by atoms with E-state index in [2.05, 4.69) is 34.4 Å². The third-order valence-corrected chi connectivity index (χ3v) is 7.30. The molecule has 304 valence electrons. The van der Waals surface area contributed by atoms with E-state index in [4.69, 9.17) is 28.4 Å². The Bertz CT molecular complexity index is 1290. The van der Waals surface area contributed by atoms with Gasteiger partial charge in [-0.2, -0.15) is 0 Å². The molecule has 16 heteroatoms. The van der Waals surface area contributed by atoms with E-state index in [0.29, 0.717) is 25.7 Å². The monoisotopic (exact) mass is 756 g/mol. The lowest BCUT2D eigenvalue weighted by molar-refractivity contribution is -0.145. The molecule has 0 aromatic carbocycles. The zero-order valence-corrected chi connectivity index (χ0v) is 33.8. The Kier molecular flexibility index (Phi) is 19.1. The van der Waals surface area contributed by atoms with Gasteiger partial charge in [0, 0.05) is 40.9 Å². The van der Waals surface area contributed by atoms with E-state index >= 15 is 0 Å². The van der Waals surface area contributed by atoms with Crippen LogP contribution >= 0.6 is 0 Å². The van der Waals surface area contributed by atoms with Crippen molar-refractivity contribution in [3.05, 3.63) is 25.3 Å². The molecule has 0 aromatic heterocycles. The van der Waals surface area contributed by atoms with Gasteiger partial charge in [0.25, 0.3) is 5.91 Å². The summed E-state index contributed by atoms with van der Waals surface area (Å²) in [5.41, 5.74) is -5.12. The zero-order chi connectivity index (χ0) is 41.3. The number of hydrogen-bond donors (Lipinski definition) is 4. The van der Waals surface area contributed by atoms with Crippen LogP contribution in [0.4, 0.5) is 14.4 Å². The lowest BCUT2D eigenvalue weighted by atomic mass is 9.86. The summed E-state index contributed by atoms with van der Waals surface area (Å²) in [5, 5.41) is 11.3. The van der Waals surface area contributed by atoms with Crippen LogP contribution in [0.25, 0.3) is 0 Å². The maximum absolute atomic E-state index is 13.2. The molecule has 0 radical (unpaired) electrons.